The summed E-state index contributed by atoms with van der Waals surface area (Å²) in [6, 6.07) is 6.53. The molecule has 100 valence electrons. The molecule has 1 aliphatic heterocycles. The van der Waals surface area contributed by atoms with Gasteiger partial charge in [-0.15, -0.1) is 0 Å². The monoisotopic (exact) mass is 261 g/mol. The molecule has 19 heavy (non-hydrogen) atoms. The van der Waals surface area contributed by atoms with Crippen LogP contribution < -0.4 is 5.32 Å². The van der Waals surface area contributed by atoms with Crippen molar-refractivity contribution in [3.05, 3.63) is 33.9 Å². The maximum atomic E-state index is 11.0. The summed E-state index contributed by atoms with van der Waals surface area (Å²) in [5, 5.41) is 23.0. The Morgan fingerprint density at radius 2 is 2.37 bits per heavy atom. The second kappa shape index (κ2) is 6.16. The van der Waals surface area contributed by atoms with Gasteiger partial charge in [-0.1, -0.05) is 6.07 Å². The van der Waals surface area contributed by atoms with Gasteiger partial charge in [0.1, 0.15) is 17.3 Å². The van der Waals surface area contributed by atoms with Crippen molar-refractivity contribution in [3.8, 4) is 6.07 Å². The number of hydrogen-bond acceptors (Lipinski definition) is 5. The third-order valence-corrected chi connectivity index (χ3v) is 3.13. The van der Waals surface area contributed by atoms with Crippen LogP contribution in [0.15, 0.2) is 18.2 Å². The molecule has 1 atom stereocenters. The molecule has 0 bridgehead atoms. The number of rotatable bonds is 4. The first-order valence-electron chi connectivity index (χ1n) is 6.25. The van der Waals surface area contributed by atoms with Crippen LogP contribution in [0.2, 0.25) is 0 Å². The summed E-state index contributed by atoms with van der Waals surface area (Å²) >= 11 is 0. The normalized spacial score (nSPS) is 18.6. The maximum Gasteiger partial charge on any atom is 0.309 e. The SMILES string of the molecule is N#Cc1cccc(NCC2CCCCO2)c1[N+](=O)[O-]. The van der Waals surface area contributed by atoms with Crippen molar-refractivity contribution in [3.63, 3.8) is 0 Å². The summed E-state index contributed by atoms with van der Waals surface area (Å²) in [5.74, 6) is 0. The molecular weight excluding hydrogens is 246 g/mol. The van der Waals surface area contributed by atoms with Gasteiger partial charge in [-0.2, -0.15) is 5.26 Å². The zero-order valence-electron chi connectivity index (χ0n) is 10.5. The Morgan fingerprint density at radius 3 is 3.00 bits per heavy atom. The molecular formula is C13H15N3O3. The van der Waals surface area contributed by atoms with Crippen molar-refractivity contribution >= 4 is 11.4 Å². The van der Waals surface area contributed by atoms with Crippen LogP contribution in [0.25, 0.3) is 0 Å². The number of nitriles is 1. The van der Waals surface area contributed by atoms with Gasteiger partial charge < -0.3 is 10.1 Å². The van der Waals surface area contributed by atoms with Gasteiger partial charge in [-0.05, 0) is 31.4 Å². The Kier molecular flexibility index (Phi) is 4.31. The van der Waals surface area contributed by atoms with E-state index in [0.29, 0.717) is 12.2 Å². The number of anilines is 1. The van der Waals surface area contributed by atoms with Crippen LogP contribution in [0, 0.1) is 21.4 Å². The Hall–Kier alpha value is -2.13. The lowest BCUT2D eigenvalue weighted by atomic mass is 10.1. The van der Waals surface area contributed by atoms with Crippen LogP contribution in [-0.2, 0) is 4.74 Å². The molecule has 6 heteroatoms. The zero-order chi connectivity index (χ0) is 13.7. The minimum atomic E-state index is -0.525. The quantitative estimate of drug-likeness (QED) is 0.664. The van der Waals surface area contributed by atoms with Gasteiger partial charge in [-0.25, -0.2) is 0 Å². The van der Waals surface area contributed by atoms with E-state index in [1.54, 1.807) is 12.1 Å². The van der Waals surface area contributed by atoms with Crippen LogP contribution >= 0.6 is 0 Å². The van der Waals surface area contributed by atoms with Crippen molar-refractivity contribution in [1.29, 1.82) is 5.26 Å². The van der Waals surface area contributed by atoms with Gasteiger partial charge >= 0.3 is 5.69 Å². The molecule has 1 heterocycles. The fourth-order valence-corrected chi connectivity index (χ4v) is 2.17. The fourth-order valence-electron chi connectivity index (χ4n) is 2.17. The van der Waals surface area contributed by atoms with Crippen molar-refractivity contribution in [2.45, 2.75) is 25.4 Å². The lowest BCUT2D eigenvalue weighted by molar-refractivity contribution is -0.384. The number of nitrogens with one attached hydrogen (secondary N) is 1. The summed E-state index contributed by atoms with van der Waals surface area (Å²) in [4.78, 5) is 10.5. The number of nitrogens with zero attached hydrogens (tertiary/aromatic N) is 2. The third kappa shape index (κ3) is 3.20. The van der Waals surface area contributed by atoms with Gasteiger partial charge in [0.05, 0.1) is 11.0 Å². The molecule has 2 rings (SSSR count). The van der Waals surface area contributed by atoms with Gasteiger partial charge in [-0.3, -0.25) is 10.1 Å². The minimum absolute atomic E-state index is 0.0690. The molecule has 0 radical (unpaired) electrons. The van der Waals surface area contributed by atoms with Crippen molar-refractivity contribution < 1.29 is 9.66 Å². The number of nitro groups is 1. The van der Waals surface area contributed by atoms with Crippen molar-refractivity contribution in [2.24, 2.45) is 0 Å². The number of benzene rings is 1. The molecule has 1 aromatic rings. The minimum Gasteiger partial charge on any atom is -0.377 e. The second-order valence-electron chi connectivity index (χ2n) is 4.44. The summed E-state index contributed by atoms with van der Waals surface area (Å²) in [6.07, 6.45) is 3.23. The molecule has 1 unspecified atom stereocenters. The highest BCUT2D eigenvalue weighted by Crippen LogP contribution is 2.28. The van der Waals surface area contributed by atoms with E-state index in [-0.39, 0.29) is 17.4 Å². The van der Waals surface area contributed by atoms with E-state index in [2.05, 4.69) is 5.32 Å². The molecule has 0 spiro atoms. The van der Waals surface area contributed by atoms with Crippen molar-refractivity contribution in [1.82, 2.24) is 0 Å². The van der Waals surface area contributed by atoms with E-state index in [1.165, 1.54) is 6.07 Å². The first-order chi connectivity index (χ1) is 9.22. The second-order valence-corrected chi connectivity index (χ2v) is 4.44. The maximum absolute atomic E-state index is 11.0. The van der Waals surface area contributed by atoms with Gasteiger partial charge in [0, 0.05) is 13.2 Å². The van der Waals surface area contributed by atoms with E-state index in [9.17, 15) is 10.1 Å². The molecule has 0 amide bonds. The van der Waals surface area contributed by atoms with Crippen LogP contribution in [-0.4, -0.2) is 24.2 Å². The molecule has 1 aliphatic rings. The Bertz CT molecular complexity index is 504. The summed E-state index contributed by atoms with van der Waals surface area (Å²) < 4.78 is 5.56. The summed E-state index contributed by atoms with van der Waals surface area (Å²) in [7, 11) is 0. The predicted octanol–water partition coefficient (Wildman–Crippen LogP) is 2.45. The predicted molar refractivity (Wildman–Crippen MR) is 69.9 cm³/mol. The Labute approximate surface area is 111 Å². The number of hydrogen-bond donors (Lipinski definition) is 1. The fraction of sp³-hybridized carbons (Fsp3) is 0.462. The molecule has 1 fully saturated rings. The van der Waals surface area contributed by atoms with Crippen LogP contribution in [0.1, 0.15) is 24.8 Å². The molecule has 1 aromatic carbocycles. The number of para-hydroxylation sites is 1. The highest BCUT2D eigenvalue weighted by molar-refractivity contribution is 5.68. The standard InChI is InChI=1S/C13H15N3O3/c14-8-10-4-3-6-12(13(10)16(17)18)15-9-11-5-1-2-7-19-11/h3-4,6,11,15H,1-2,5,7,9H2. The summed E-state index contributed by atoms with van der Waals surface area (Å²) in [5.41, 5.74) is 0.276. The molecule has 1 saturated heterocycles. The molecule has 0 saturated carbocycles. The summed E-state index contributed by atoms with van der Waals surface area (Å²) in [6.45, 7) is 1.27. The Balaban J connectivity index is 2.11. The van der Waals surface area contributed by atoms with E-state index in [1.807, 2.05) is 6.07 Å². The third-order valence-electron chi connectivity index (χ3n) is 3.13. The van der Waals surface area contributed by atoms with Gasteiger partial charge in [0.25, 0.3) is 0 Å². The number of ether oxygens (including phenoxy) is 1. The highest BCUT2D eigenvalue weighted by atomic mass is 16.6. The van der Waals surface area contributed by atoms with E-state index in [0.717, 1.165) is 25.9 Å². The molecule has 6 nitrogen and oxygen atoms in total. The molecule has 0 aliphatic carbocycles. The smallest absolute Gasteiger partial charge is 0.309 e. The average molecular weight is 261 g/mol. The first kappa shape index (κ1) is 13.3. The van der Waals surface area contributed by atoms with Crippen LogP contribution in [0.5, 0.6) is 0 Å². The van der Waals surface area contributed by atoms with E-state index in [4.69, 9.17) is 10.00 Å². The average Bonchev–Trinajstić information content (AvgIpc) is 2.45. The largest absolute Gasteiger partial charge is 0.377 e. The highest BCUT2D eigenvalue weighted by Gasteiger charge is 2.21. The van der Waals surface area contributed by atoms with Crippen LogP contribution in [0.3, 0.4) is 0 Å². The van der Waals surface area contributed by atoms with Crippen molar-refractivity contribution in [2.75, 3.05) is 18.5 Å². The Morgan fingerprint density at radius 1 is 1.53 bits per heavy atom. The zero-order valence-corrected chi connectivity index (χ0v) is 10.5. The van der Waals surface area contributed by atoms with E-state index >= 15 is 0 Å². The van der Waals surface area contributed by atoms with Gasteiger partial charge in [0.15, 0.2) is 0 Å². The molecule has 1 N–H and O–H groups in total. The topological polar surface area (TPSA) is 88.2 Å². The lowest BCUT2D eigenvalue weighted by Crippen LogP contribution is -2.27. The van der Waals surface area contributed by atoms with Crippen LogP contribution in [0.4, 0.5) is 11.4 Å². The molecule has 0 aromatic heterocycles. The first-order valence-corrected chi connectivity index (χ1v) is 6.25. The van der Waals surface area contributed by atoms with Gasteiger partial charge in [0.2, 0.25) is 0 Å². The lowest BCUT2D eigenvalue weighted by Gasteiger charge is -2.23. The number of nitro benzene ring substituents is 1. The van der Waals surface area contributed by atoms with E-state index < -0.39 is 4.92 Å².